The molecule has 1 aliphatic carbocycles. The van der Waals surface area contributed by atoms with E-state index in [1.807, 2.05) is 10.9 Å². The Labute approximate surface area is 111 Å². The number of hydrogen-bond donors (Lipinski definition) is 1. The fraction of sp³-hybridized carbons (Fsp3) is 0.800. The van der Waals surface area contributed by atoms with Gasteiger partial charge in [-0.05, 0) is 31.6 Å². The maximum Gasteiger partial charge on any atom is 0.0543 e. The van der Waals surface area contributed by atoms with Crippen molar-refractivity contribution in [2.45, 2.75) is 66.6 Å². The molecule has 0 aliphatic heterocycles. The molecule has 102 valence electrons. The molecule has 2 rings (SSSR count). The summed E-state index contributed by atoms with van der Waals surface area (Å²) in [7, 11) is 0. The third-order valence-electron chi connectivity index (χ3n) is 4.85. The second-order valence-corrected chi connectivity index (χ2v) is 7.72. The van der Waals surface area contributed by atoms with Gasteiger partial charge in [0.05, 0.1) is 11.7 Å². The van der Waals surface area contributed by atoms with Crippen LogP contribution >= 0.6 is 0 Å². The zero-order chi connectivity index (χ0) is 13.8. The molecule has 0 saturated heterocycles. The first-order chi connectivity index (χ1) is 8.07. The third-order valence-corrected chi connectivity index (χ3v) is 4.85. The van der Waals surface area contributed by atoms with Crippen molar-refractivity contribution < 1.29 is 0 Å². The molecule has 1 N–H and O–H groups in total. The van der Waals surface area contributed by atoms with Gasteiger partial charge in [-0.25, -0.2) is 0 Å². The molecular formula is C15H27N3. The number of hydrogen-bond acceptors (Lipinski definition) is 2. The predicted octanol–water partition coefficient (Wildman–Crippen LogP) is 3.16. The average molecular weight is 249 g/mol. The molecule has 1 aromatic heterocycles. The van der Waals surface area contributed by atoms with E-state index in [2.05, 4.69) is 65.1 Å². The molecular weight excluding hydrogens is 222 g/mol. The zero-order valence-corrected chi connectivity index (χ0v) is 12.8. The molecule has 0 radical (unpaired) electrons. The zero-order valence-electron chi connectivity index (χ0n) is 12.8. The summed E-state index contributed by atoms with van der Waals surface area (Å²) in [6.07, 6.45) is 4.12. The summed E-state index contributed by atoms with van der Waals surface area (Å²) in [6.45, 7) is 16.8. The van der Waals surface area contributed by atoms with Gasteiger partial charge in [-0.15, -0.1) is 0 Å². The monoisotopic (exact) mass is 249 g/mol. The highest BCUT2D eigenvalue weighted by molar-refractivity contribution is 5.18. The minimum atomic E-state index is 0.0658. The second-order valence-electron chi connectivity index (χ2n) is 7.72. The van der Waals surface area contributed by atoms with Gasteiger partial charge >= 0.3 is 0 Å². The van der Waals surface area contributed by atoms with Gasteiger partial charge in [0.1, 0.15) is 0 Å². The van der Waals surface area contributed by atoms with E-state index in [4.69, 9.17) is 0 Å². The molecule has 1 fully saturated rings. The summed E-state index contributed by atoms with van der Waals surface area (Å²) < 4.78 is 2.03. The van der Waals surface area contributed by atoms with E-state index >= 15 is 0 Å². The van der Waals surface area contributed by atoms with Crippen molar-refractivity contribution in [3.63, 3.8) is 0 Å². The third kappa shape index (κ3) is 2.09. The van der Waals surface area contributed by atoms with Crippen molar-refractivity contribution in [3.8, 4) is 0 Å². The Morgan fingerprint density at radius 1 is 1.22 bits per heavy atom. The van der Waals surface area contributed by atoms with E-state index in [-0.39, 0.29) is 5.54 Å². The number of rotatable bonds is 3. The SMILES string of the molecule is CC(C)(C)n1cc(CNC2C(C)(C)C2(C)C)cn1. The Balaban J connectivity index is 1.95. The molecule has 0 unspecified atom stereocenters. The van der Waals surface area contributed by atoms with E-state index in [0.717, 1.165) is 6.54 Å². The van der Waals surface area contributed by atoms with E-state index < -0.39 is 0 Å². The van der Waals surface area contributed by atoms with Crippen LogP contribution in [0, 0.1) is 10.8 Å². The summed E-state index contributed by atoms with van der Waals surface area (Å²) in [5, 5.41) is 8.10. The molecule has 1 aliphatic rings. The Hall–Kier alpha value is -0.830. The molecule has 0 aromatic carbocycles. The van der Waals surface area contributed by atoms with Crippen LogP contribution < -0.4 is 5.32 Å². The summed E-state index contributed by atoms with van der Waals surface area (Å²) in [6, 6.07) is 0.600. The van der Waals surface area contributed by atoms with Crippen molar-refractivity contribution in [1.29, 1.82) is 0 Å². The minimum absolute atomic E-state index is 0.0658. The van der Waals surface area contributed by atoms with Crippen LogP contribution in [0.15, 0.2) is 12.4 Å². The van der Waals surface area contributed by atoms with Crippen molar-refractivity contribution in [1.82, 2.24) is 15.1 Å². The van der Waals surface area contributed by atoms with Gasteiger partial charge in [0.25, 0.3) is 0 Å². The highest BCUT2D eigenvalue weighted by Gasteiger charge is 2.64. The molecule has 1 heterocycles. The van der Waals surface area contributed by atoms with Crippen LogP contribution in [0.3, 0.4) is 0 Å². The van der Waals surface area contributed by atoms with Crippen LogP contribution in [0.25, 0.3) is 0 Å². The lowest BCUT2D eigenvalue weighted by molar-refractivity contribution is 0.355. The molecule has 3 heteroatoms. The molecule has 1 saturated carbocycles. The van der Waals surface area contributed by atoms with Crippen LogP contribution in [-0.2, 0) is 12.1 Å². The van der Waals surface area contributed by atoms with Gasteiger partial charge in [-0.3, -0.25) is 4.68 Å². The Morgan fingerprint density at radius 2 is 1.78 bits per heavy atom. The van der Waals surface area contributed by atoms with Gasteiger partial charge in [0.2, 0.25) is 0 Å². The van der Waals surface area contributed by atoms with E-state index in [0.29, 0.717) is 16.9 Å². The van der Waals surface area contributed by atoms with Crippen LogP contribution in [0.1, 0.15) is 54.0 Å². The Kier molecular flexibility index (Phi) is 2.89. The maximum absolute atomic E-state index is 4.44. The smallest absolute Gasteiger partial charge is 0.0543 e. The van der Waals surface area contributed by atoms with Crippen LogP contribution in [0.4, 0.5) is 0 Å². The lowest BCUT2D eigenvalue weighted by atomic mass is 10.0. The van der Waals surface area contributed by atoms with Gasteiger partial charge in [-0.1, -0.05) is 27.7 Å². The minimum Gasteiger partial charge on any atom is -0.309 e. The quantitative estimate of drug-likeness (QED) is 0.891. The topological polar surface area (TPSA) is 29.9 Å². The van der Waals surface area contributed by atoms with Crippen LogP contribution in [0.5, 0.6) is 0 Å². The van der Waals surface area contributed by atoms with Crippen molar-refractivity contribution in [2.24, 2.45) is 10.8 Å². The molecule has 1 aromatic rings. The van der Waals surface area contributed by atoms with Crippen molar-refractivity contribution >= 4 is 0 Å². The lowest BCUT2D eigenvalue weighted by Gasteiger charge is -2.18. The van der Waals surface area contributed by atoms with E-state index in [1.165, 1.54) is 5.56 Å². The first-order valence-electron chi connectivity index (χ1n) is 6.84. The summed E-state index contributed by atoms with van der Waals surface area (Å²) in [5.74, 6) is 0. The second kappa shape index (κ2) is 3.83. The number of nitrogens with zero attached hydrogens (tertiary/aromatic N) is 2. The first kappa shape index (κ1) is 13.6. The van der Waals surface area contributed by atoms with Crippen LogP contribution in [0.2, 0.25) is 0 Å². The highest BCUT2D eigenvalue weighted by atomic mass is 15.3. The fourth-order valence-electron chi connectivity index (χ4n) is 2.74. The highest BCUT2D eigenvalue weighted by Crippen LogP contribution is 2.62. The Morgan fingerprint density at radius 3 is 2.17 bits per heavy atom. The molecule has 3 nitrogen and oxygen atoms in total. The summed E-state index contributed by atoms with van der Waals surface area (Å²) in [5.41, 5.74) is 2.12. The number of aromatic nitrogens is 2. The molecule has 0 spiro atoms. The molecule has 0 bridgehead atoms. The largest absolute Gasteiger partial charge is 0.309 e. The lowest BCUT2D eigenvalue weighted by Crippen LogP contribution is -2.23. The van der Waals surface area contributed by atoms with E-state index in [1.54, 1.807) is 0 Å². The molecule has 0 amide bonds. The van der Waals surface area contributed by atoms with Crippen LogP contribution in [-0.4, -0.2) is 15.8 Å². The Bertz CT molecular complexity index is 421. The van der Waals surface area contributed by atoms with Crippen molar-refractivity contribution in [2.75, 3.05) is 0 Å². The fourth-order valence-corrected chi connectivity index (χ4v) is 2.74. The summed E-state index contributed by atoms with van der Waals surface area (Å²) >= 11 is 0. The standard InChI is InChI=1S/C15H27N3/c1-13(2,3)18-10-11(9-17-18)8-16-12-14(4,5)15(12,6)7/h9-10,12,16H,8H2,1-7H3. The van der Waals surface area contributed by atoms with Gasteiger partial charge in [-0.2, -0.15) is 5.10 Å². The summed E-state index contributed by atoms with van der Waals surface area (Å²) in [4.78, 5) is 0. The number of nitrogens with one attached hydrogen (secondary N) is 1. The van der Waals surface area contributed by atoms with E-state index in [9.17, 15) is 0 Å². The van der Waals surface area contributed by atoms with Crippen molar-refractivity contribution in [3.05, 3.63) is 18.0 Å². The predicted molar refractivity (Wildman–Crippen MR) is 75.4 cm³/mol. The van der Waals surface area contributed by atoms with Gasteiger partial charge in [0.15, 0.2) is 0 Å². The maximum atomic E-state index is 4.44. The average Bonchev–Trinajstić information content (AvgIpc) is 2.58. The van der Waals surface area contributed by atoms with Gasteiger partial charge in [0, 0.05) is 24.3 Å². The normalized spacial score (nSPS) is 22.2. The first-order valence-corrected chi connectivity index (χ1v) is 6.84. The molecule has 0 atom stereocenters. The van der Waals surface area contributed by atoms with Gasteiger partial charge < -0.3 is 5.32 Å². The molecule has 18 heavy (non-hydrogen) atoms.